The van der Waals surface area contributed by atoms with Crippen LogP contribution >= 0.6 is 6.72 Å². The van der Waals surface area contributed by atoms with Crippen LogP contribution in [0, 0.1) is 0 Å². The van der Waals surface area contributed by atoms with E-state index in [1.54, 1.807) is 0 Å². The second kappa shape index (κ2) is 18.6. The minimum atomic E-state index is -4.03. The quantitative estimate of drug-likeness (QED) is 0.140. The molecule has 34 heavy (non-hydrogen) atoms. The molecule has 0 aromatic heterocycles. The van der Waals surface area contributed by atoms with Gasteiger partial charge in [-0.15, -0.1) is 0 Å². The van der Waals surface area contributed by atoms with Gasteiger partial charge in [0.05, 0.1) is 18.8 Å². The average Bonchev–Trinajstić information content (AvgIpc) is 3.16. The molecule has 1 fully saturated rings. The Kier molecular flexibility index (Phi) is 17.2. The molecule has 0 bridgehead atoms. The number of unbranched alkanes of at least 4 members (excludes halogenated alkanes) is 10. The molecule has 1 saturated heterocycles. The highest BCUT2D eigenvalue weighted by atomic mass is 32.5. The molecule has 1 aliphatic rings. The summed E-state index contributed by atoms with van der Waals surface area (Å²) in [7, 11) is 0. The highest BCUT2D eigenvalue weighted by Gasteiger charge is 2.34. The van der Waals surface area contributed by atoms with Gasteiger partial charge >= 0.3 is 0 Å². The van der Waals surface area contributed by atoms with E-state index in [0.717, 1.165) is 44.9 Å². The molecule has 1 unspecified atom stereocenters. The standard InChI is InChI=1S/C23H45N2O7PS/c26-16-12-7-5-3-1-2-4-6-9-13-22(28)24-15-11-8-10-14-23(29)25-18-21(27)17-20(25)19-32-33(30,31)34/h20-21,26-27H,1-19H2,(H,24,28)(H2,30,31,34)/p-1/t20-,21+/m0/s1. The number of rotatable bonds is 20. The highest BCUT2D eigenvalue weighted by Crippen LogP contribution is 2.33. The largest absolute Gasteiger partial charge is 0.780 e. The van der Waals surface area contributed by atoms with Crippen LogP contribution in [0.5, 0.6) is 0 Å². The van der Waals surface area contributed by atoms with Crippen LogP contribution in [0.15, 0.2) is 0 Å². The molecule has 9 nitrogen and oxygen atoms in total. The van der Waals surface area contributed by atoms with Gasteiger partial charge in [-0.3, -0.25) is 9.59 Å². The number of likely N-dealkylation sites (tertiary alicyclic amines) is 1. The Hall–Kier alpha value is -0.610. The molecule has 0 spiro atoms. The van der Waals surface area contributed by atoms with Gasteiger partial charge in [0.2, 0.25) is 11.8 Å². The molecule has 1 aliphatic heterocycles. The van der Waals surface area contributed by atoms with Crippen molar-refractivity contribution in [2.45, 2.75) is 108 Å². The molecule has 0 aliphatic carbocycles. The maximum Gasteiger partial charge on any atom is 0.222 e. The lowest BCUT2D eigenvalue weighted by molar-refractivity contribution is -0.202. The second-order valence-corrected chi connectivity index (χ2v) is 11.7. The third kappa shape index (κ3) is 16.1. The third-order valence-corrected chi connectivity index (χ3v) is 6.89. The van der Waals surface area contributed by atoms with Crippen LogP contribution in [0.2, 0.25) is 0 Å². The molecular weight excluding hydrogens is 479 g/mol. The summed E-state index contributed by atoms with van der Waals surface area (Å²) in [6.45, 7) is -3.10. The summed E-state index contributed by atoms with van der Waals surface area (Å²) in [4.78, 5) is 46.1. The van der Waals surface area contributed by atoms with E-state index in [1.807, 2.05) is 0 Å². The molecule has 11 heteroatoms. The molecule has 2 amide bonds. The zero-order valence-corrected chi connectivity index (χ0v) is 22.1. The molecule has 0 aromatic rings. The first-order chi connectivity index (χ1) is 16.2. The Morgan fingerprint density at radius 2 is 1.53 bits per heavy atom. The van der Waals surface area contributed by atoms with Gasteiger partial charge in [0.15, 0.2) is 0 Å². The normalized spacial score (nSPS) is 19.8. The zero-order chi connectivity index (χ0) is 25.2. The Morgan fingerprint density at radius 1 is 0.971 bits per heavy atom. The fraction of sp³-hybridized carbons (Fsp3) is 0.913. The van der Waals surface area contributed by atoms with E-state index < -0.39 is 18.9 Å². The number of nitrogens with one attached hydrogen (secondary N) is 1. The van der Waals surface area contributed by atoms with Crippen molar-refractivity contribution < 1.29 is 34.1 Å². The summed E-state index contributed by atoms with van der Waals surface area (Å²) >= 11 is 4.33. The van der Waals surface area contributed by atoms with Crippen molar-refractivity contribution in [1.29, 1.82) is 0 Å². The number of aliphatic hydroxyl groups is 2. The van der Waals surface area contributed by atoms with E-state index in [-0.39, 0.29) is 25.0 Å². The van der Waals surface area contributed by atoms with E-state index in [2.05, 4.69) is 17.1 Å². The van der Waals surface area contributed by atoms with Gasteiger partial charge in [0.1, 0.15) is 6.72 Å². The van der Waals surface area contributed by atoms with Gasteiger partial charge in [-0.05, 0) is 32.1 Å². The molecule has 0 saturated carbocycles. The van der Waals surface area contributed by atoms with Crippen LogP contribution in [-0.4, -0.2) is 70.3 Å². The lowest BCUT2D eigenvalue weighted by Crippen LogP contribution is -2.38. The minimum Gasteiger partial charge on any atom is -0.780 e. The van der Waals surface area contributed by atoms with Crippen LogP contribution in [-0.2, 0) is 25.9 Å². The predicted octanol–water partition coefficient (Wildman–Crippen LogP) is 2.11. The number of carbonyl (C=O) groups is 2. The van der Waals surface area contributed by atoms with Crippen molar-refractivity contribution in [2.24, 2.45) is 0 Å². The van der Waals surface area contributed by atoms with Crippen LogP contribution in [0.3, 0.4) is 0 Å². The van der Waals surface area contributed by atoms with Crippen LogP contribution < -0.4 is 10.2 Å². The molecule has 1 heterocycles. The van der Waals surface area contributed by atoms with Gasteiger partial charge in [-0.25, -0.2) is 0 Å². The topological polar surface area (TPSA) is 142 Å². The Labute approximate surface area is 209 Å². The van der Waals surface area contributed by atoms with E-state index >= 15 is 0 Å². The Balaban J connectivity index is 2.00. The smallest absolute Gasteiger partial charge is 0.222 e. The summed E-state index contributed by atoms with van der Waals surface area (Å²) in [5.74, 6) is -0.0339. The molecule has 0 radical (unpaired) electrons. The van der Waals surface area contributed by atoms with E-state index in [9.17, 15) is 19.6 Å². The first kappa shape index (κ1) is 31.4. The Morgan fingerprint density at radius 3 is 2.15 bits per heavy atom. The molecular formula is C23H44N2O7PS-. The third-order valence-electron chi connectivity index (χ3n) is 6.09. The molecule has 4 N–H and O–H groups in total. The SMILES string of the molecule is O=C(CCCCCCCCCCCO)NCCCCCC(=O)N1C[C@H](O)C[C@H]1COP([O-])(O)=S. The van der Waals surface area contributed by atoms with Crippen LogP contribution in [0.1, 0.15) is 96.3 Å². The first-order valence-corrected chi connectivity index (χ1v) is 15.4. The van der Waals surface area contributed by atoms with Gasteiger partial charge in [0, 0.05) is 32.5 Å². The van der Waals surface area contributed by atoms with Crippen molar-refractivity contribution in [2.75, 3.05) is 26.3 Å². The van der Waals surface area contributed by atoms with Gasteiger partial charge in [-0.1, -0.05) is 63.2 Å². The summed E-state index contributed by atoms with van der Waals surface area (Å²) in [6.07, 6.45) is 12.8. The lowest BCUT2D eigenvalue weighted by atomic mass is 10.1. The molecule has 200 valence electrons. The van der Waals surface area contributed by atoms with Crippen molar-refractivity contribution >= 4 is 30.3 Å². The summed E-state index contributed by atoms with van der Waals surface area (Å²) in [6, 6.07) is -0.443. The average molecular weight is 524 g/mol. The summed E-state index contributed by atoms with van der Waals surface area (Å²) in [5, 5.41) is 21.5. The van der Waals surface area contributed by atoms with Crippen molar-refractivity contribution in [3.8, 4) is 0 Å². The highest BCUT2D eigenvalue weighted by molar-refractivity contribution is 8.06. The first-order valence-electron chi connectivity index (χ1n) is 12.8. The number of amides is 2. The Bertz CT molecular complexity index is 620. The number of nitrogens with zero attached hydrogens (tertiary/aromatic N) is 1. The monoisotopic (exact) mass is 523 g/mol. The molecule has 1 rings (SSSR count). The number of aliphatic hydroxyl groups excluding tert-OH is 2. The van der Waals surface area contributed by atoms with Crippen LogP contribution in [0.4, 0.5) is 0 Å². The van der Waals surface area contributed by atoms with Crippen LogP contribution in [0.25, 0.3) is 0 Å². The maximum absolute atomic E-state index is 12.5. The fourth-order valence-electron chi connectivity index (χ4n) is 4.21. The number of hydrogen-bond donors (Lipinski definition) is 4. The maximum atomic E-state index is 12.5. The fourth-order valence-corrected chi connectivity index (χ4v) is 4.75. The van der Waals surface area contributed by atoms with E-state index in [0.29, 0.717) is 38.8 Å². The van der Waals surface area contributed by atoms with Gasteiger partial charge in [0.25, 0.3) is 0 Å². The van der Waals surface area contributed by atoms with E-state index in [4.69, 9.17) is 14.5 Å². The van der Waals surface area contributed by atoms with Gasteiger partial charge in [-0.2, -0.15) is 0 Å². The summed E-state index contributed by atoms with van der Waals surface area (Å²) in [5.41, 5.74) is 0. The van der Waals surface area contributed by atoms with E-state index in [1.165, 1.54) is 30.6 Å². The number of β-amino-alcohol motifs (C(OH)–C–C–N with tert-alkyl or cyclic N) is 1. The molecule has 3 atom stereocenters. The zero-order valence-electron chi connectivity index (χ0n) is 20.4. The molecule has 0 aromatic carbocycles. The minimum absolute atomic E-state index is 0.0805. The van der Waals surface area contributed by atoms with Crippen molar-refractivity contribution in [1.82, 2.24) is 10.2 Å². The lowest BCUT2D eigenvalue weighted by Gasteiger charge is -2.28. The van der Waals surface area contributed by atoms with Crippen molar-refractivity contribution in [3.63, 3.8) is 0 Å². The van der Waals surface area contributed by atoms with Gasteiger partial charge < -0.3 is 34.7 Å². The number of hydrogen-bond acceptors (Lipinski definition) is 7. The number of carbonyl (C=O) groups excluding carboxylic acids is 2. The van der Waals surface area contributed by atoms with Crippen molar-refractivity contribution in [3.05, 3.63) is 0 Å². The second-order valence-electron chi connectivity index (χ2n) is 9.17. The predicted molar refractivity (Wildman–Crippen MR) is 133 cm³/mol. The summed E-state index contributed by atoms with van der Waals surface area (Å²) < 4.78 is 4.76.